The number of rotatable bonds is 8. The average molecular weight is 406 g/mol. The fourth-order valence-electron chi connectivity index (χ4n) is 2.82. The second-order valence-corrected chi connectivity index (χ2v) is 6.42. The highest BCUT2D eigenvalue weighted by molar-refractivity contribution is 6.08. The fraction of sp³-hybridized carbons (Fsp3) is 0.125. The number of hydrogen-bond acceptors (Lipinski definition) is 6. The van der Waals surface area contributed by atoms with Gasteiger partial charge in [-0.05, 0) is 41.5 Å². The number of carbonyl (C=O) groups is 1. The van der Waals surface area contributed by atoms with Gasteiger partial charge in [0.25, 0.3) is 0 Å². The molecule has 30 heavy (non-hydrogen) atoms. The van der Waals surface area contributed by atoms with Gasteiger partial charge in [0.15, 0.2) is 17.3 Å². The lowest BCUT2D eigenvalue weighted by atomic mass is 10.1. The summed E-state index contributed by atoms with van der Waals surface area (Å²) in [6, 6.07) is 17.4. The predicted molar refractivity (Wildman–Crippen MR) is 113 cm³/mol. The first-order valence-corrected chi connectivity index (χ1v) is 9.19. The van der Waals surface area contributed by atoms with Gasteiger partial charge in [-0.25, -0.2) is 0 Å². The Morgan fingerprint density at radius 3 is 2.20 bits per heavy atom. The number of phenols is 2. The number of phenolic OH excluding ortho intramolecular Hbond substituents is 2. The third-order valence-electron chi connectivity index (χ3n) is 4.41. The Labute approximate surface area is 174 Å². The smallest absolute Gasteiger partial charge is 0.200 e. The summed E-state index contributed by atoms with van der Waals surface area (Å²) in [6.07, 6.45) is 2.87. The summed E-state index contributed by atoms with van der Waals surface area (Å²) < 4.78 is 15.9. The van der Waals surface area contributed by atoms with Crippen molar-refractivity contribution in [2.45, 2.75) is 6.61 Å². The SMILES string of the molecule is COc1cc(/C=C/C(=O)c2ccc(OCc3ccccc3)cc2O)cc(OC)c1O. The molecule has 0 aliphatic rings. The molecule has 3 aromatic rings. The first-order chi connectivity index (χ1) is 14.5. The molecule has 0 saturated carbocycles. The third kappa shape index (κ3) is 4.91. The molecule has 0 saturated heterocycles. The Bertz CT molecular complexity index is 1030. The maximum atomic E-state index is 12.5. The average Bonchev–Trinajstić information content (AvgIpc) is 2.77. The Hall–Kier alpha value is -3.93. The topological polar surface area (TPSA) is 85.2 Å². The number of allylic oxidation sites excluding steroid dienone is 1. The monoisotopic (exact) mass is 406 g/mol. The lowest BCUT2D eigenvalue weighted by molar-refractivity contribution is 0.104. The van der Waals surface area contributed by atoms with E-state index >= 15 is 0 Å². The lowest BCUT2D eigenvalue weighted by Gasteiger charge is -2.09. The van der Waals surface area contributed by atoms with Gasteiger partial charge in [-0.2, -0.15) is 0 Å². The van der Waals surface area contributed by atoms with Gasteiger partial charge in [0.05, 0.1) is 19.8 Å². The number of hydrogen-bond donors (Lipinski definition) is 2. The highest BCUT2D eigenvalue weighted by Crippen LogP contribution is 2.37. The van der Waals surface area contributed by atoms with Gasteiger partial charge in [-0.1, -0.05) is 36.4 Å². The van der Waals surface area contributed by atoms with Gasteiger partial charge < -0.3 is 24.4 Å². The summed E-state index contributed by atoms with van der Waals surface area (Å²) in [5, 5.41) is 20.2. The molecule has 0 heterocycles. The summed E-state index contributed by atoms with van der Waals surface area (Å²) in [6.45, 7) is 0.359. The van der Waals surface area contributed by atoms with Gasteiger partial charge in [0, 0.05) is 6.07 Å². The molecule has 0 unspecified atom stereocenters. The zero-order chi connectivity index (χ0) is 21.5. The van der Waals surface area contributed by atoms with Crippen molar-refractivity contribution in [2.75, 3.05) is 14.2 Å². The molecule has 0 aliphatic carbocycles. The minimum absolute atomic E-state index is 0.118. The van der Waals surface area contributed by atoms with Crippen molar-refractivity contribution < 1.29 is 29.2 Å². The van der Waals surface area contributed by atoms with Crippen molar-refractivity contribution in [3.05, 3.63) is 83.4 Å². The Morgan fingerprint density at radius 2 is 1.60 bits per heavy atom. The van der Waals surface area contributed by atoms with Crippen molar-refractivity contribution in [3.8, 4) is 28.7 Å². The van der Waals surface area contributed by atoms with Crippen molar-refractivity contribution in [2.24, 2.45) is 0 Å². The van der Waals surface area contributed by atoms with Gasteiger partial charge in [0.1, 0.15) is 18.1 Å². The van der Waals surface area contributed by atoms with Crippen LogP contribution in [-0.2, 0) is 6.61 Å². The molecule has 0 aromatic heterocycles. The maximum absolute atomic E-state index is 12.5. The van der Waals surface area contributed by atoms with E-state index in [1.807, 2.05) is 30.3 Å². The minimum atomic E-state index is -0.381. The zero-order valence-electron chi connectivity index (χ0n) is 16.7. The Morgan fingerprint density at radius 1 is 0.933 bits per heavy atom. The first-order valence-electron chi connectivity index (χ1n) is 9.19. The largest absolute Gasteiger partial charge is 0.507 e. The van der Waals surface area contributed by atoms with Crippen LogP contribution in [0.5, 0.6) is 28.7 Å². The summed E-state index contributed by atoms with van der Waals surface area (Å²) in [4.78, 5) is 12.5. The Balaban J connectivity index is 1.72. The molecule has 0 spiro atoms. The summed E-state index contributed by atoms with van der Waals surface area (Å²) in [5.74, 6) is 0.245. The zero-order valence-corrected chi connectivity index (χ0v) is 16.7. The summed E-state index contributed by atoms with van der Waals surface area (Å²) >= 11 is 0. The molecule has 0 amide bonds. The molecule has 0 bridgehead atoms. The molecule has 154 valence electrons. The minimum Gasteiger partial charge on any atom is -0.507 e. The van der Waals surface area contributed by atoms with Crippen molar-refractivity contribution in [1.82, 2.24) is 0 Å². The lowest BCUT2D eigenvalue weighted by Crippen LogP contribution is -1.98. The standard InChI is InChI=1S/C24H22O6/c1-28-22-12-17(13-23(29-2)24(22)27)8-11-20(25)19-10-9-18(14-21(19)26)30-15-16-6-4-3-5-7-16/h3-14,26-27H,15H2,1-2H3/b11-8+. The van der Waals surface area contributed by atoms with Crippen LogP contribution in [0.1, 0.15) is 21.5 Å². The molecular formula is C24H22O6. The summed E-state index contributed by atoms with van der Waals surface area (Å²) in [5.41, 5.74) is 1.74. The molecule has 3 aromatic carbocycles. The third-order valence-corrected chi connectivity index (χ3v) is 4.41. The highest BCUT2D eigenvalue weighted by atomic mass is 16.5. The van der Waals surface area contributed by atoms with E-state index in [0.717, 1.165) is 5.56 Å². The number of ether oxygens (including phenoxy) is 3. The first kappa shape index (κ1) is 20.8. The number of benzene rings is 3. The van der Waals surface area contributed by atoms with E-state index < -0.39 is 0 Å². The molecule has 0 radical (unpaired) electrons. The van der Waals surface area contributed by atoms with Crippen molar-refractivity contribution in [1.29, 1.82) is 0 Å². The molecule has 0 aliphatic heterocycles. The van der Waals surface area contributed by atoms with E-state index in [9.17, 15) is 15.0 Å². The van der Waals surface area contributed by atoms with Crippen molar-refractivity contribution >= 4 is 11.9 Å². The van der Waals surface area contributed by atoms with Crippen LogP contribution in [0.4, 0.5) is 0 Å². The second-order valence-electron chi connectivity index (χ2n) is 6.42. The van der Waals surface area contributed by atoms with Crippen LogP contribution in [0.25, 0.3) is 6.08 Å². The molecule has 6 nitrogen and oxygen atoms in total. The molecule has 0 fully saturated rings. The molecule has 3 rings (SSSR count). The van der Waals surface area contributed by atoms with E-state index in [4.69, 9.17) is 14.2 Å². The molecule has 0 atom stereocenters. The fourth-order valence-corrected chi connectivity index (χ4v) is 2.82. The maximum Gasteiger partial charge on any atom is 0.200 e. The number of aromatic hydroxyl groups is 2. The van der Waals surface area contributed by atoms with E-state index in [-0.39, 0.29) is 34.3 Å². The second kappa shape index (κ2) is 9.52. The van der Waals surface area contributed by atoms with Gasteiger partial charge in [-0.3, -0.25) is 4.79 Å². The quantitative estimate of drug-likeness (QED) is 0.420. The molecular weight excluding hydrogens is 384 g/mol. The number of carbonyl (C=O) groups excluding carboxylic acids is 1. The van der Waals surface area contributed by atoms with Crippen LogP contribution < -0.4 is 14.2 Å². The number of ketones is 1. The van der Waals surface area contributed by atoms with E-state index in [1.165, 1.54) is 32.4 Å². The van der Waals surface area contributed by atoms with Gasteiger partial charge in [-0.15, -0.1) is 0 Å². The molecule has 6 heteroatoms. The van der Waals surface area contributed by atoms with Crippen LogP contribution in [0.3, 0.4) is 0 Å². The Kier molecular flexibility index (Phi) is 6.60. The van der Waals surface area contributed by atoms with E-state index in [2.05, 4.69) is 0 Å². The van der Waals surface area contributed by atoms with Crippen molar-refractivity contribution in [3.63, 3.8) is 0 Å². The van der Waals surface area contributed by atoms with Crippen LogP contribution in [0, 0.1) is 0 Å². The van der Waals surface area contributed by atoms with Crippen LogP contribution >= 0.6 is 0 Å². The van der Waals surface area contributed by atoms with Gasteiger partial charge in [0.2, 0.25) is 5.75 Å². The van der Waals surface area contributed by atoms with Crippen LogP contribution in [0.2, 0.25) is 0 Å². The van der Waals surface area contributed by atoms with Gasteiger partial charge >= 0.3 is 0 Å². The predicted octanol–water partition coefficient (Wildman–Crippen LogP) is 4.59. The van der Waals surface area contributed by atoms with Crippen LogP contribution in [0.15, 0.2) is 66.7 Å². The van der Waals surface area contributed by atoms with Crippen LogP contribution in [-0.4, -0.2) is 30.2 Å². The normalized spacial score (nSPS) is 10.7. The molecule has 2 N–H and O–H groups in total. The number of methoxy groups -OCH3 is 2. The summed E-state index contributed by atoms with van der Waals surface area (Å²) in [7, 11) is 2.85. The van der Waals surface area contributed by atoms with E-state index in [1.54, 1.807) is 24.3 Å². The highest BCUT2D eigenvalue weighted by Gasteiger charge is 2.12. The van der Waals surface area contributed by atoms with E-state index in [0.29, 0.717) is 17.9 Å².